The molecular formula is C16H28O. The SMILES string of the molecule is C=COC[C@H]1CC[C@H](C2CCC(C)CC2)CC1. The highest BCUT2D eigenvalue weighted by atomic mass is 16.5. The molecule has 0 aromatic carbocycles. The lowest BCUT2D eigenvalue weighted by molar-refractivity contribution is 0.111. The summed E-state index contributed by atoms with van der Waals surface area (Å²) in [7, 11) is 0. The molecule has 0 aromatic heterocycles. The van der Waals surface area contributed by atoms with Crippen molar-refractivity contribution in [2.75, 3.05) is 6.61 Å². The average molecular weight is 236 g/mol. The molecule has 0 saturated heterocycles. The van der Waals surface area contributed by atoms with Crippen molar-refractivity contribution in [1.29, 1.82) is 0 Å². The van der Waals surface area contributed by atoms with E-state index in [1.54, 1.807) is 6.26 Å². The van der Waals surface area contributed by atoms with Crippen LogP contribution in [-0.2, 0) is 4.74 Å². The molecule has 17 heavy (non-hydrogen) atoms. The maximum Gasteiger partial charge on any atom is 0.0901 e. The van der Waals surface area contributed by atoms with Crippen molar-refractivity contribution >= 4 is 0 Å². The summed E-state index contributed by atoms with van der Waals surface area (Å²) in [6.45, 7) is 6.94. The molecule has 2 rings (SSSR count). The molecule has 0 heterocycles. The summed E-state index contributed by atoms with van der Waals surface area (Å²) in [5.41, 5.74) is 0. The van der Waals surface area contributed by atoms with Gasteiger partial charge in [0.25, 0.3) is 0 Å². The topological polar surface area (TPSA) is 9.23 Å². The van der Waals surface area contributed by atoms with Gasteiger partial charge < -0.3 is 4.74 Å². The highest BCUT2D eigenvalue weighted by Gasteiger charge is 2.29. The lowest BCUT2D eigenvalue weighted by Gasteiger charge is -2.37. The molecule has 0 amide bonds. The lowest BCUT2D eigenvalue weighted by atomic mass is 9.69. The van der Waals surface area contributed by atoms with E-state index < -0.39 is 0 Å². The van der Waals surface area contributed by atoms with Gasteiger partial charge in [-0.3, -0.25) is 0 Å². The van der Waals surface area contributed by atoms with Crippen LogP contribution in [0.3, 0.4) is 0 Å². The monoisotopic (exact) mass is 236 g/mol. The Kier molecular flexibility index (Phi) is 4.94. The minimum absolute atomic E-state index is 0.798. The first kappa shape index (κ1) is 13.0. The summed E-state index contributed by atoms with van der Waals surface area (Å²) in [6.07, 6.45) is 13.2. The second-order valence-electron chi connectivity index (χ2n) is 6.30. The molecule has 0 N–H and O–H groups in total. The van der Waals surface area contributed by atoms with Crippen LogP contribution < -0.4 is 0 Å². The van der Waals surface area contributed by atoms with Crippen molar-refractivity contribution in [1.82, 2.24) is 0 Å². The maximum absolute atomic E-state index is 5.33. The zero-order chi connectivity index (χ0) is 12.1. The van der Waals surface area contributed by atoms with Crippen molar-refractivity contribution in [2.45, 2.75) is 58.3 Å². The highest BCUT2D eigenvalue weighted by Crippen LogP contribution is 2.41. The molecule has 0 aliphatic heterocycles. The number of rotatable bonds is 4. The number of ether oxygens (including phenoxy) is 1. The third-order valence-corrected chi connectivity index (χ3v) is 5.07. The van der Waals surface area contributed by atoms with E-state index >= 15 is 0 Å². The fourth-order valence-corrected chi connectivity index (χ4v) is 3.79. The fraction of sp³-hybridized carbons (Fsp3) is 0.875. The van der Waals surface area contributed by atoms with Crippen molar-refractivity contribution in [3.8, 4) is 0 Å². The number of hydrogen-bond donors (Lipinski definition) is 0. The van der Waals surface area contributed by atoms with Crippen LogP contribution in [0.4, 0.5) is 0 Å². The molecule has 0 bridgehead atoms. The minimum atomic E-state index is 0.798. The Labute approximate surface area is 107 Å². The van der Waals surface area contributed by atoms with Crippen LogP contribution in [0.5, 0.6) is 0 Å². The minimum Gasteiger partial charge on any atom is -0.502 e. The van der Waals surface area contributed by atoms with Gasteiger partial charge in [0, 0.05) is 0 Å². The van der Waals surface area contributed by atoms with Gasteiger partial charge in [-0.1, -0.05) is 26.3 Å². The van der Waals surface area contributed by atoms with Gasteiger partial charge in [0.05, 0.1) is 12.9 Å². The van der Waals surface area contributed by atoms with E-state index in [4.69, 9.17) is 4.74 Å². The Morgan fingerprint density at radius 3 is 2.00 bits per heavy atom. The van der Waals surface area contributed by atoms with Crippen LogP contribution >= 0.6 is 0 Å². The molecular weight excluding hydrogens is 208 g/mol. The molecule has 1 heteroatoms. The van der Waals surface area contributed by atoms with Crippen LogP contribution in [0.2, 0.25) is 0 Å². The molecule has 0 aromatic rings. The molecule has 98 valence electrons. The molecule has 2 aliphatic rings. The second-order valence-corrected chi connectivity index (χ2v) is 6.30. The quantitative estimate of drug-likeness (QED) is 0.638. The smallest absolute Gasteiger partial charge is 0.0901 e. The summed E-state index contributed by atoms with van der Waals surface area (Å²) in [4.78, 5) is 0. The highest BCUT2D eigenvalue weighted by molar-refractivity contribution is 4.81. The maximum atomic E-state index is 5.33. The Morgan fingerprint density at radius 2 is 1.47 bits per heavy atom. The predicted molar refractivity (Wildman–Crippen MR) is 72.7 cm³/mol. The fourth-order valence-electron chi connectivity index (χ4n) is 3.79. The van der Waals surface area contributed by atoms with Crippen molar-refractivity contribution < 1.29 is 4.74 Å². The van der Waals surface area contributed by atoms with Crippen molar-refractivity contribution in [3.63, 3.8) is 0 Å². The second kappa shape index (κ2) is 6.47. The van der Waals surface area contributed by atoms with E-state index in [-0.39, 0.29) is 0 Å². The third-order valence-electron chi connectivity index (χ3n) is 5.07. The van der Waals surface area contributed by atoms with Gasteiger partial charge in [0.15, 0.2) is 0 Å². The predicted octanol–water partition coefficient (Wildman–Crippen LogP) is 4.78. The summed E-state index contributed by atoms with van der Waals surface area (Å²) >= 11 is 0. The first-order chi connectivity index (χ1) is 8.29. The summed E-state index contributed by atoms with van der Waals surface area (Å²) < 4.78 is 5.33. The lowest BCUT2D eigenvalue weighted by Crippen LogP contribution is -2.26. The first-order valence-corrected chi connectivity index (χ1v) is 7.52. The van der Waals surface area contributed by atoms with Gasteiger partial charge in [-0.25, -0.2) is 0 Å². The van der Waals surface area contributed by atoms with Gasteiger partial charge >= 0.3 is 0 Å². The van der Waals surface area contributed by atoms with Crippen LogP contribution in [0.25, 0.3) is 0 Å². The molecule has 2 saturated carbocycles. The van der Waals surface area contributed by atoms with Crippen LogP contribution in [0.15, 0.2) is 12.8 Å². The Bertz CT molecular complexity index is 220. The van der Waals surface area contributed by atoms with Gasteiger partial charge in [0.1, 0.15) is 0 Å². The first-order valence-electron chi connectivity index (χ1n) is 7.52. The number of hydrogen-bond acceptors (Lipinski definition) is 1. The zero-order valence-electron chi connectivity index (χ0n) is 11.4. The van der Waals surface area contributed by atoms with Crippen LogP contribution in [0.1, 0.15) is 58.3 Å². The van der Waals surface area contributed by atoms with Crippen molar-refractivity contribution in [3.05, 3.63) is 12.8 Å². The Hall–Kier alpha value is -0.460. The van der Waals surface area contributed by atoms with E-state index in [2.05, 4.69) is 13.5 Å². The molecule has 2 aliphatic carbocycles. The van der Waals surface area contributed by atoms with Gasteiger partial charge in [-0.15, -0.1) is 0 Å². The van der Waals surface area contributed by atoms with Crippen LogP contribution in [0, 0.1) is 23.7 Å². The molecule has 0 unspecified atom stereocenters. The summed E-state index contributed by atoms with van der Waals surface area (Å²) in [6, 6.07) is 0. The summed E-state index contributed by atoms with van der Waals surface area (Å²) in [5, 5.41) is 0. The molecule has 0 radical (unpaired) electrons. The van der Waals surface area contributed by atoms with Crippen LogP contribution in [-0.4, -0.2) is 6.61 Å². The van der Waals surface area contributed by atoms with Crippen molar-refractivity contribution in [2.24, 2.45) is 23.7 Å². The largest absolute Gasteiger partial charge is 0.502 e. The molecule has 0 spiro atoms. The third kappa shape index (κ3) is 3.76. The zero-order valence-corrected chi connectivity index (χ0v) is 11.4. The average Bonchev–Trinajstić information content (AvgIpc) is 2.38. The normalized spacial score (nSPS) is 38.6. The van der Waals surface area contributed by atoms with E-state index in [1.165, 1.54) is 51.4 Å². The van der Waals surface area contributed by atoms with Gasteiger partial charge in [-0.2, -0.15) is 0 Å². The van der Waals surface area contributed by atoms with E-state index in [9.17, 15) is 0 Å². The molecule has 2 fully saturated rings. The molecule has 0 atom stereocenters. The van der Waals surface area contributed by atoms with E-state index in [0.717, 1.165) is 30.3 Å². The summed E-state index contributed by atoms with van der Waals surface area (Å²) in [5.74, 6) is 3.87. The van der Waals surface area contributed by atoms with E-state index in [0.29, 0.717) is 0 Å². The Balaban J connectivity index is 1.69. The Morgan fingerprint density at radius 1 is 0.941 bits per heavy atom. The van der Waals surface area contributed by atoms with E-state index in [1.807, 2.05) is 0 Å². The molecule has 1 nitrogen and oxygen atoms in total. The standard InChI is InChI=1S/C16H28O/c1-3-17-12-14-6-10-16(11-7-14)15-8-4-13(2)5-9-15/h3,13-16H,1,4-12H2,2H3/t13?,14-,15?,16-. The van der Waals surface area contributed by atoms with Gasteiger partial charge in [-0.05, 0) is 62.2 Å². The van der Waals surface area contributed by atoms with Gasteiger partial charge in [0.2, 0.25) is 0 Å².